The van der Waals surface area contributed by atoms with E-state index in [1.807, 2.05) is 12.1 Å². The van der Waals surface area contributed by atoms with E-state index in [9.17, 15) is 22.0 Å². The minimum atomic E-state index is -1.65. The second-order valence-corrected chi connectivity index (χ2v) is 9.02. The highest BCUT2D eigenvalue weighted by atomic mass is 19.2. The largest absolute Gasteiger partial charge is 0.204 e. The summed E-state index contributed by atoms with van der Waals surface area (Å²) in [5.41, 5.74) is 1.20. The maximum absolute atomic E-state index is 14.9. The molecule has 0 unspecified atom stereocenters. The summed E-state index contributed by atoms with van der Waals surface area (Å²) in [4.78, 5) is 0. The molecule has 0 amide bonds. The summed E-state index contributed by atoms with van der Waals surface area (Å²) in [6.07, 6.45) is 8.59. The molecule has 0 radical (unpaired) electrons. The van der Waals surface area contributed by atoms with E-state index < -0.39 is 29.1 Å². The first-order valence-electron chi connectivity index (χ1n) is 11.6. The van der Waals surface area contributed by atoms with Crippen molar-refractivity contribution in [3.05, 3.63) is 83.2 Å². The lowest BCUT2D eigenvalue weighted by Gasteiger charge is -2.29. The molecule has 5 heteroatoms. The van der Waals surface area contributed by atoms with Gasteiger partial charge in [-0.2, -0.15) is 0 Å². The predicted molar refractivity (Wildman–Crippen MR) is 121 cm³/mol. The number of rotatable bonds is 6. The highest BCUT2D eigenvalue weighted by Gasteiger charge is 2.23. The molecular formula is C28H27F5. The minimum absolute atomic E-state index is 0.0640. The van der Waals surface area contributed by atoms with Gasteiger partial charge in [0.05, 0.1) is 0 Å². The van der Waals surface area contributed by atoms with Crippen LogP contribution in [0.3, 0.4) is 0 Å². The summed E-state index contributed by atoms with van der Waals surface area (Å²) in [6, 6.07) is 11.5. The Labute approximate surface area is 191 Å². The normalized spacial score (nSPS) is 18.5. The van der Waals surface area contributed by atoms with Crippen LogP contribution in [0, 0.1) is 35.0 Å². The monoisotopic (exact) mass is 458 g/mol. The van der Waals surface area contributed by atoms with Crippen molar-refractivity contribution in [2.75, 3.05) is 0 Å². The summed E-state index contributed by atoms with van der Waals surface area (Å²) in [5.74, 6) is -5.59. The van der Waals surface area contributed by atoms with Crippen LogP contribution in [-0.2, 0) is 0 Å². The molecule has 4 rings (SSSR count). The molecule has 0 N–H and O–H groups in total. The third kappa shape index (κ3) is 4.97. The zero-order chi connectivity index (χ0) is 23.5. The number of hydrogen-bond donors (Lipinski definition) is 0. The highest BCUT2D eigenvalue weighted by Crippen LogP contribution is 2.39. The van der Waals surface area contributed by atoms with Gasteiger partial charge < -0.3 is 0 Å². The first kappa shape index (κ1) is 23.5. The van der Waals surface area contributed by atoms with E-state index in [2.05, 4.69) is 6.92 Å². The molecule has 1 fully saturated rings. The highest BCUT2D eigenvalue weighted by molar-refractivity contribution is 5.72. The van der Waals surface area contributed by atoms with Gasteiger partial charge in [0.15, 0.2) is 29.1 Å². The van der Waals surface area contributed by atoms with E-state index in [4.69, 9.17) is 0 Å². The third-order valence-electron chi connectivity index (χ3n) is 6.88. The van der Waals surface area contributed by atoms with Gasteiger partial charge in [0.2, 0.25) is 0 Å². The molecule has 3 aromatic carbocycles. The lowest BCUT2D eigenvalue weighted by molar-refractivity contribution is 0.304. The van der Waals surface area contributed by atoms with Gasteiger partial charge in [0.1, 0.15) is 0 Å². The molecule has 1 aliphatic carbocycles. The van der Waals surface area contributed by atoms with Gasteiger partial charge in [-0.1, -0.05) is 62.6 Å². The van der Waals surface area contributed by atoms with Crippen LogP contribution < -0.4 is 0 Å². The zero-order valence-corrected chi connectivity index (χ0v) is 18.6. The molecule has 1 aliphatic rings. The summed E-state index contributed by atoms with van der Waals surface area (Å²) >= 11 is 0. The number of unbranched alkanes of at least 4 members (excludes halogenated alkanes) is 1. The summed E-state index contributed by atoms with van der Waals surface area (Å²) in [7, 11) is 0. The molecule has 33 heavy (non-hydrogen) atoms. The molecule has 0 heterocycles. The standard InChI is InChI=1S/C28H27F5/c1-2-3-4-17-5-7-18(8-6-17)19-9-11-20(12-10-19)22-13-14-23(27(32)26(22)31)21-15-24(29)28(33)25(30)16-21/h9-18H,2-8H2,1H3. The van der Waals surface area contributed by atoms with Crippen LogP contribution in [0.4, 0.5) is 22.0 Å². The quantitative estimate of drug-likeness (QED) is 0.255. The van der Waals surface area contributed by atoms with Crippen molar-refractivity contribution in [3.8, 4) is 22.3 Å². The van der Waals surface area contributed by atoms with Crippen LogP contribution in [0.15, 0.2) is 48.5 Å². The van der Waals surface area contributed by atoms with E-state index in [0.29, 0.717) is 23.6 Å². The number of benzene rings is 3. The van der Waals surface area contributed by atoms with E-state index in [1.54, 1.807) is 12.1 Å². The van der Waals surface area contributed by atoms with Crippen LogP contribution in [0.1, 0.15) is 63.4 Å². The Bertz CT molecular complexity index is 1090. The summed E-state index contributed by atoms with van der Waals surface area (Å²) < 4.78 is 69.9. The summed E-state index contributed by atoms with van der Waals surface area (Å²) in [5, 5.41) is 0. The summed E-state index contributed by atoms with van der Waals surface area (Å²) in [6.45, 7) is 2.22. The molecule has 0 saturated heterocycles. The van der Waals surface area contributed by atoms with Crippen LogP contribution in [0.25, 0.3) is 22.3 Å². The average molecular weight is 459 g/mol. The van der Waals surface area contributed by atoms with Crippen molar-refractivity contribution >= 4 is 0 Å². The van der Waals surface area contributed by atoms with Crippen molar-refractivity contribution in [1.29, 1.82) is 0 Å². The molecule has 0 bridgehead atoms. The Morgan fingerprint density at radius 2 is 1.21 bits per heavy atom. The third-order valence-corrected chi connectivity index (χ3v) is 6.88. The second kappa shape index (κ2) is 10.1. The smallest absolute Gasteiger partial charge is 0.194 e. The van der Waals surface area contributed by atoms with Crippen molar-refractivity contribution in [2.45, 2.75) is 57.8 Å². The Morgan fingerprint density at radius 1 is 0.667 bits per heavy atom. The van der Waals surface area contributed by atoms with Crippen molar-refractivity contribution in [2.24, 2.45) is 5.92 Å². The molecule has 0 atom stereocenters. The molecule has 174 valence electrons. The first-order valence-corrected chi connectivity index (χ1v) is 11.6. The minimum Gasteiger partial charge on any atom is -0.204 e. The van der Waals surface area contributed by atoms with Gasteiger partial charge in [-0.3, -0.25) is 0 Å². The lowest BCUT2D eigenvalue weighted by atomic mass is 9.77. The van der Waals surface area contributed by atoms with Crippen LogP contribution >= 0.6 is 0 Å². The molecular weight excluding hydrogens is 431 g/mol. The Kier molecular flexibility index (Phi) is 7.16. The first-order chi connectivity index (χ1) is 15.9. The predicted octanol–water partition coefficient (Wildman–Crippen LogP) is 9.18. The molecule has 0 aliphatic heterocycles. The molecule has 0 aromatic heterocycles. The number of halogens is 5. The maximum atomic E-state index is 14.9. The Balaban J connectivity index is 1.53. The fraction of sp³-hybridized carbons (Fsp3) is 0.357. The Morgan fingerprint density at radius 3 is 1.76 bits per heavy atom. The zero-order valence-electron chi connectivity index (χ0n) is 18.6. The SMILES string of the molecule is CCCCC1CCC(c2ccc(-c3ccc(-c4cc(F)c(F)c(F)c4)c(F)c3F)cc2)CC1. The van der Waals surface area contributed by atoms with E-state index in [0.717, 1.165) is 18.8 Å². The topological polar surface area (TPSA) is 0 Å². The van der Waals surface area contributed by atoms with Gasteiger partial charge >= 0.3 is 0 Å². The Hall–Kier alpha value is -2.69. The van der Waals surface area contributed by atoms with Crippen molar-refractivity contribution in [1.82, 2.24) is 0 Å². The molecule has 1 saturated carbocycles. The van der Waals surface area contributed by atoms with Crippen LogP contribution in [0.2, 0.25) is 0 Å². The van der Waals surface area contributed by atoms with E-state index in [1.165, 1.54) is 49.8 Å². The van der Waals surface area contributed by atoms with Crippen LogP contribution in [0.5, 0.6) is 0 Å². The lowest BCUT2D eigenvalue weighted by Crippen LogP contribution is -2.13. The van der Waals surface area contributed by atoms with Gasteiger partial charge in [0, 0.05) is 11.1 Å². The van der Waals surface area contributed by atoms with Gasteiger partial charge in [-0.25, -0.2) is 22.0 Å². The van der Waals surface area contributed by atoms with E-state index >= 15 is 0 Å². The molecule has 3 aromatic rings. The average Bonchev–Trinajstić information content (AvgIpc) is 2.83. The molecule has 0 nitrogen and oxygen atoms in total. The van der Waals surface area contributed by atoms with E-state index in [-0.39, 0.29) is 16.7 Å². The second-order valence-electron chi connectivity index (χ2n) is 9.02. The van der Waals surface area contributed by atoms with Crippen molar-refractivity contribution in [3.63, 3.8) is 0 Å². The van der Waals surface area contributed by atoms with Crippen LogP contribution in [-0.4, -0.2) is 0 Å². The van der Waals surface area contributed by atoms with Crippen molar-refractivity contribution < 1.29 is 22.0 Å². The maximum Gasteiger partial charge on any atom is 0.194 e. The fourth-order valence-electron chi connectivity index (χ4n) is 4.92. The fourth-order valence-corrected chi connectivity index (χ4v) is 4.92. The van der Waals surface area contributed by atoms with Gasteiger partial charge in [0.25, 0.3) is 0 Å². The molecule has 0 spiro atoms. The van der Waals surface area contributed by atoms with Gasteiger partial charge in [-0.15, -0.1) is 0 Å². The van der Waals surface area contributed by atoms with Gasteiger partial charge in [-0.05, 0) is 66.3 Å². The number of hydrogen-bond acceptors (Lipinski definition) is 0.